The Hall–Kier alpha value is -0.600. The van der Waals surface area contributed by atoms with E-state index in [4.69, 9.17) is 11.6 Å². The van der Waals surface area contributed by atoms with Crippen LogP contribution in [0.1, 0.15) is 51.5 Å². The van der Waals surface area contributed by atoms with Crippen LogP contribution in [-0.2, 0) is 6.42 Å². The highest BCUT2D eigenvalue weighted by Crippen LogP contribution is 2.36. The maximum atomic E-state index is 13.2. The molecular weight excluding hydrogens is 275 g/mol. The summed E-state index contributed by atoms with van der Waals surface area (Å²) < 4.78 is 13.2. The van der Waals surface area contributed by atoms with Gasteiger partial charge in [0, 0.05) is 6.42 Å². The van der Waals surface area contributed by atoms with E-state index in [9.17, 15) is 9.50 Å². The lowest BCUT2D eigenvalue weighted by molar-refractivity contribution is 0.0236. The van der Waals surface area contributed by atoms with Crippen molar-refractivity contribution in [1.82, 2.24) is 0 Å². The van der Waals surface area contributed by atoms with Crippen molar-refractivity contribution in [1.29, 1.82) is 0 Å². The van der Waals surface area contributed by atoms with Crippen molar-refractivity contribution >= 4 is 11.6 Å². The predicted molar refractivity (Wildman–Crippen MR) is 81.5 cm³/mol. The molecule has 0 spiro atoms. The summed E-state index contributed by atoms with van der Waals surface area (Å²) in [6.45, 7) is 4.52. The van der Waals surface area contributed by atoms with Crippen molar-refractivity contribution in [2.24, 2.45) is 11.8 Å². The summed E-state index contributed by atoms with van der Waals surface area (Å²) in [4.78, 5) is 0. The topological polar surface area (TPSA) is 20.2 Å². The Kier molecular flexibility index (Phi) is 5.09. The first-order valence-electron chi connectivity index (χ1n) is 7.56. The van der Waals surface area contributed by atoms with Crippen LogP contribution in [0.5, 0.6) is 0 Å². The average Bonchev–Trinajstić information content (AvgIpc) is 2.56. The van der Waals surface area contributed by atoms with Gasteiger partial charge in [0.15, 0.2) is 0 Å². The first-order valence-corrected chi connectivity index (χ1v) is 7.94. The van der Waals surface area contributed by atoms with Gasteiger partial charge in [-0.2, -0.15) is 0 Å². The maximum Gasteiger partial charge on any atom is 0.141 e. The highest BCUT2D eigenvalue weighted by atomic mass is 35.5. The van der Waals surface area contributed by atoms with E-state index < -0.39 is 11.4 Å². The van der Waals surface area contributed by atoms with Gasteiger partial charge in [0.2, 0.25) is 0 Å². The molecule has 112 valence electrons. The Balaban J connectivity index is 2.05. The van der Waals surface area contributed by atoms with Crippen molar-refractivity contribution in [2.45, 2.75) is 58.0 Å². The van der Waals surface area contributed by atoms with Gasteiger partial charge in [0.25, 0.3) is 0 Å². The Morgan fingerprint density at radius 2 is 2.10 bits per heavy atom. The van der Waals surface area contributed by atoms with E-state index in [0.29, 0.717) is 18.3 Å². The lowest BCUT2D eigenvalue weighted by atomic mass is 9.85. The van der Waals surface area contributed by atoms with Crippen LogP contribution in [-0.4, -0.2) is 10.7 Å². The van der Waals surface area contributed by atoms with Crippen LogP contribution in [0.25, 0.3) is 0 Å². The largest absolute Gasteiger partial charge is 0.390 e. The van der Waals surface area contributed by atoms with Crippen molar-refractivity contribution in [3.8, 4) is 0 Å². The third-order valence-electron chi connectivity index (χ3n) is 4.66. The molecule has 1 N–H and O–H groups in total. The molecule has 1 aliphatic carbocycles. The molecule has 2 rings (SSSR count). The van der Waals surface area contributed by atoms with E-state index in [1.165, 1.54) is 12.5 Å². The second-order valence-electron chi connectivity index (χ2n) is 6.58. The highest BCUT2D eigenvalue weighted by Gasteiger charge is 2.31. The fourth-order valence-electron chi connectivity index (χ4n) is 3.29. The molecule has 1 fully saturated rings. The Morgan fingerprint density at radius 3 is 2.75 bits per heavy atom. The Morgan fingerprint density at radius 1 is 1.35 bits per heavy atom. The van der Waals surface area contributed by atoms with Crippen molar-refractivity contribution in [3.63, 3.8) is 0 Å². The molecule has 0 heterocycles. The van der Waals surface area contributed by atoms with Crippen LogP contribution < -0.4 is 0 Å². The van der Waals surface area contributed by atoms with Gasteiger partial charge in [-0.3, -0.25) is 0 Å². The summed E-state index contributed by atoms with van der Waals surface area (Å²) in [6, 6.07) is 4.75. The molecule has 2 atom stereocenters. The quantitative estimate of drug-likeness (QED) is 0.780. The molecule has 0 aromatic heterocycles. The third-order valence-corrected chi connectivity index (χ3v) is 4.95. The molecule has 1 aromatic rings. The van der Waals surface area contributed by atoms with Gasteiger partial charge < -0.3 is 5.11 Å². The number of rotatable bonds is 3. The van der Waals surface area contributed by atoms with Gasteiger partial charge in [0.05, 0.1) is 10.6 Å². The Bertz CT molecular complexity index is 460. The summed E-state index contributed by atoms with van der Waals surface area (Å²) >= 11 is 5.82. The molecule has 0 aliphatic heterocycles. The van der Waals surface area contributed by atoms with E-state index in [-0.39, 0.29) is 5.02 Å². The third kappa shape index (κ3) is 3.95. The van der Waals surface area contributed by atoms with Crippen LogP contribution in [0.3, 0.4) is 0 Å². The van der Waals surface area contributed by atoms with Crippen LogP contribution in [0.2, 0.25) is 5.02 Å². The molecule has 1 aliphatic rings. The summed E-state index contributed by atoms with van der Waals surface area (Å²) in [7, 11) is 0. The lowest BCUT2D eigenvalue weighted by Crippen LogP contribution is -2.30. The van der Waals surface area contributed by atoms with Gasteiger partial charge in [-0.25, -0.2) is 4.39 Å². The zero-order chi connectivity index (χ0) is 14.8. The highest BCUT2D eigenvalue weighted by molar-refractivity contribution is 6.30. The summed E-state index contributed by atoms with van der Waals surface area (Å²) in [6.07, 6.45) is 5.55. The van der Waals surface area contributed by atoms with Crippen molar-refractivity contribution in [3.05, 3.63) is 34.6 Å². The van der Waals surface area contributed by atoms with E-state index in [1.807, 2.05) is 0 Å². The van der Waals surface area contributed by atoms with E-state index >= 15 is 0 Å². The van der Waals surface area contributed by atoms with Crippen molar-refractivity contribution < 1.29 is 9.50 Å². The number of hydrogen-bond acceptors (Lipinski definition) is 1. The normalized spacial score (nSPS) is 27.6. The van der Waals surface area contributed by atoms with Gasteiger partial charge >= 0.3 is 0 Å². The van der Waals surface area contributed by atoms with E-state index in [1.54, 1.807) is 12.1 Å². The first kappa shape index (κ1) is 15.8. The van der Waals surface area contributed by atoms with E-state index in [0.717, 1.165) is 31.2 Å². The van der Waals surface area contributed by atoms with Crippen LogP contribution in [0.15, 0.2) is 18.2 Å². The fourth-order valence-corrected chi connectivity index (χ4v) is 3.49. The second kappa shape index (κ2) is 6.44. The molecule has 20 heavy (non-hydrogen) atoms. The smallest absolute Gasteiger partial charge is 0.141 e. The maximum absolute atomic E-state index is 13.2. The van der Waals surface area contributed by atoms with Crippen LogP contribution in [0.4, 0.5) is 4.39 Å². The zero-order valence-electron chi connectivity index (χ0n) is 12.3. The zero-order valence-corrected chi connectivity index (χ0v) is 13.1. The molecule has 0 radical (unpaired) electrons. The standard InChI is InChI=1S/C17H24ClFO/c1-12(2)14-4-3-8-17(20,9-7-14)11-13-5-6-16(19)15(18)10-13/h5-6,10,12,14,20H,3-4,7-9,11H2,1-2H3. The molecule has 3 heteroatoms. The molecule has 0 amide bonds. The number of benzene rings is 1. The molecule has 0 bridgehead atoms. The number of halogens is 2. The minimum Gasteiger partial charge on any atom is -0.390 e. The summed E-state index contributed by atoms with van der Waals surface area (Å²) in [5.74, 6) is 0.988. The minimum absolute atomic E-state index is 0.139. The number of hydrogen-bond donors (Lipinski definition) is 1. The fraction of sp³-hybridized carbons (Fsp3) is 0.647. The van der Waals surface area contributed by atoms with Gasteiger partial charge in [-0.05, 0) is 48.8 Å². The summed E-state index contributed by atoms with van der Waals surface area (Å²) in [5.41, 5.74) is 0.257. The molecule has 1 aromatic carbocycles. The summed E-state index contributed by atoms with van der Waals surface area (Å²) in [5, 5.41) is 11.0. The van der Waals surface area contributed by atoms with Gasteiger partial charge in [-0.15, -0.1) is 0 Å². The molecule has 1 nitrogen and oxygen atoms in total. The molecule has 2 unspecified atom stereocenters. The second-order valence-corrected chi connectivity index (χ2v) is 6.99. The Labute approximate surface area is 126 Å². The average molecular weight is 299 g/mol. The molecule has 0 saturated heterocycles. The first-order chi connectivity index (χ1) is 9.39. The van der Waals surface area contributed by atoms with Crippen LogP contribution in [0, 0.1) is 17.7 Å². The molecular formula is C17H24ClFO. The SMILES string of the molecule is CC(C)C1CCCC(O)(Cc2ccc(F)c(Cl)c2)CC1. The number of aliphatic hydroxyl groups is 1. The van der Waals surface area contributed by atoms with E-state index in [2.05, 4.69) is 13.8 Å². The van der Waals surface area contributed by atoms with Crippen molar-refractivity contribution in [2.75, 3.05) is 0 Å². The van der Waals surface area contributed by atoms with Gasteiger partial charge in [0.1, 0.15) is 5.82 Å². The predicted octanol–water partition coefficient (Wildman–Crippen LogP) is 4.99. The monoisotopic (exact) mass is 298 g/mol. The molecule has 1 saturated carbocycles. The van der Waals surface area contributed by atoms with Gasteiger partial charge in [-0.1, -0.05) is 44.4 Å². The van der Waals surface area contributed by atoms with Crippen LogP contribution >= 0.6 is 11.6 Å². The lowest BCUT2D eigenvalue weighted by Gasteiger charge is -2.27. The minimum atomic E-state index is -0.662.